The van der Waals surface area contributed by atoms with Gasteiger partial charge in [0, 0.05) is 18.3 Å². The van der Waals surface area contributed by atoms with Gasteiger partial charge in [0.1, 0.15) is 11.5 Å². The minimum absolute atomic E-state index is 0.892. The van der Waals surface area contributed by atoms with Crippen molar-refractivity contribution in [2.75, 3.05) is 0 Å². The lowest BCUT2D eigenvalue weighted by atomic mass is 10.2. The summed E-state index contributed by atoms with van der Waals surface area (Å²) in [6.07, 6.45) is 3.86. The van der Waals surface area contributed by atoms with Crippen molar-refractivity contribution >= 4 is 6.08 Å². The van der Waals surface area contributed by atoms with Crippen molar-refractivity contribution in [1.82, 2.24) is 5.32 Å². The summed E-state index contributed by atoms with van der Waals surface area (Å²) >= 11 is 0. The van der Waals surface area contributed by atoms with Gasteiger partial charge in [0.05, 0.1) is 0 Å². The van der Waals surface area contributed by atoms with E-state index in [0.29, 0.717) is 0 Å². The number of aryl methyl sites for hydroxylation is 1. The molecule has 1 aromatic rings. The second-order valence-corrected chi connectivity index (χ2v) is 2.46. The van der Waals surface area contributed by atoms with Gasteiger partial charge >= 0.3 is 0 Å². The number of fused-ring (bicyclic) bond motifs is 1. The Hall–Kier alpha value is -1.18. The zero-order chi connectivity index (χ0) is 6.97. The predicted octanol–water partition coefficient (Wildman–Crippen LogP) is 1.66. The fourth-order valence-corrected chi connectivity index (χ4v) is 1.17. The number of rotatable bonds is 0. The minimum atomic E-state index is 0.892. The predicted molar refractivity (Wildman–Crippen MR) is 39.3 cm³/mol. The van der Waals surface area contributed by atoms with Crippen molar-refractivity contribution in [3.05, 3.63) is 29.4 Å². The second kappa shape index (κ2) is 1.90. The van der Waals surface area contributed by atoms with E-state index in [9.17, 15) is 0 Å². The Kier molecular flexibility index (Phi) is 1.07. The van der Waals surface area contributed by atoms with Crippen molar-refractivity contribution in [2.45, 2.75) is 13.5 Å². The minimum Gasteiger partial charge on any atom is -0.462 e. The molecular formula is C8H9NO. The normalized spacial score (nSPS) is 14.5. The van der Waals surface area contributed by atoms with E-state index in [-0.39, 0.29) is 0 Å². The van der Waals surface area contributed by atoms with Crippen LogP contribution in [-0.2, 0) is 6.54 Å². The third-order valence-corrected chi connectivity index (χ3v) is 1.61. The van der Waals surface area contributed by atoms with Crippen LogP contribution in [0.1, 0.15) is 17.1 Å². The number of hydrogen-bond acceptors (Lipinski definition) is 2. The maximum atomic E-state index is 5.38. The molecular weight excluding hydrogens is 126 g/mol. The standard InChI is InChI=1S/C8H9NO/c1-6-4-7-5-9-3-2-8(7)10-6/h2-4,9H,5H2,1H3. The molecule has 1 N–H and O–H groups in total. The van der Waals surface area contributed by atoms with Gasteiger partial charge in [0.25, 0.3) is 0 Å². The largest absolute Gasteiger partial charge is 0.462 e. The highest BCUT2D eigenvalue weighted by Gasteiger charge is 2.07. The van der Waals surface area contributed by atoms with Crippen LogP contribution in [-0.4, -0.2) is 0 Å². The van der Waals surface area contributed by atoms with Gasteiger partial charge in [-0.15, -0.1) is 0 Å². The van der Waals surface area contributed by atoms with E-state index in [1.54, 1.807) is 0 Å². The molecule has 52 valence electrons. The first kappa shape index (κ1) is 5.59. The van der Waals surface area contributed by atoms with Crippen LogP contribution in [0.15, 0.2) is 16.7 Å². The van der Waals surface area contributed by atoms with E-state index in [2.05, 4.69) is 11.4 Å². The van der Waals surface area contributed by atoms with Crippen LogP contribution in [0.2, 0.25) is 0 Å². The van der Waals surface area contributed by atoms with Gasteiger partial charge in [0.15, 0.2) is 0 Å². The molecule has 0 saturated heterocycles. The van der Waals surface area contributed by atoms with Crippen LogP contribution in [0.5, 0.6) is 0 Å². The molecule has 0 fully saturated rings. The van der Waals surface area contributed by atoms with E-state index in [4.69, 9.17) is 4.42 Å². The lowest BCUT2D eigenvalue weighted by Crippen LogP contribution is -2.07. The second-order valence-electron chi connectivity index (χ2n) is 2.46. The zero-order valence-electron chi connectivity index (χ0n) is 5.85. The fourth-order valence-electron chi connectivity index (χ4n) is 1.17. The molecule has 0 aliphatic carbocycles. The van der Waals surface area contributed by atoms with Crippen LogP contribution in [0.3, 0.4) is 0 Å². The first-order valence-corrected chi connectivity index (χ1v) is 3.35. The third-order valence-electron chi connectivity index (χ3n) is 1.61. The van der Waals surface area contributed by atoms with Crippen molar-refractivity contribution in [1.29, 1.82) is 0 Å². The van der Waals surface area contributed by atoms with Gasteiger partial charge in [-0.1, -0.05) is 0 Å². The van der Waals surface area contributed by atoms with Crippen LogP contribution in [0.4, 0.5) is 0 Å². The summed E-state index contributed by atoms with van der Waals surface area (Å²) in [5.74, 6) is 1.98. The van der Waals surface area contributed by atoms with Crippen LogP contribution < -0.4 is 5.32 Å². The molecule has 0 spiro atoms. The van der Waals surface area contributed by atoms with E-state index in [1.807, 2.05) is 19.2 Å². The monoisotopic (exact) mass is 135 g/mol. The molecule has 0 atom stereocenters. The quantitative estimate of drug-likeness (QED) is 0.585. The van der Waals surface area contributed by atoms with E-state index in [1.165, 1.54) is 5.56 Å². The van der Waals surface area contributed by atoms with Gasteiger partial charge < -0.3 is 9.73 Å². The molecule has 0 amide bonds. The van der Waals surface area contributed by atoms with Gasteiger partial charge in [-0.05, 0) is 19.1 Å². The molecule has 0 bridgehead atoms. The molecule has 2 heterocycles. The average Bonchev–Trinajstić information content (AvgIpc) is 2.27. The lowest BCUT2D eigenvalue weighted by Gasteiger charge is -2.03. The van der Waals surface area contributed by atoms with Gasteiger partial charge in [0.2, 0.25) is 0 Å². The molecule has 0 aromatic carbocycles. The Bertz CT molecular complexity index is 273. The maximum Gasteiger partial charge on any atom is 0.133 e. The lowest BCUT2D eigenvalue weighted by molar-refractivity contribution is 0.519. The van der Waals surface area contributed by atoms with E-state index in [0.717, 1.165) is 18.1 Å². The Balaban J connectivity index is 2.53. The molecule has 10 heavy (non-hydrogen) atoms. The summed E-state index contributed by atoms with van der Waals surface area (Å²) < 4.78 is 5.38. The highest BCUT2D eigenvalue weighted by atomic mass is 16.3. The van der Waals surface area contributed by atoms with Crippen LogP contribution in [0, 0.1) is 6.92 Å². The summed E-state index contributed by atoms with van der Waals surface area (Å²) in [7, 11) is 0. The topological polar surface area (TPSA) is 25.2 Å². The maximum absolute atomic E-state index is 5.38. The molecule has 1 aliphatic heterocycles. The molecule has 0 radical (unpaired) electrons. The molecule has 2 nitrogen and oxygen atoms in total. The summed E-state index contributed by atoms with van der Waals surface area (Å²) in [6, 6.07) is 2.06. The van der Waals surface area contributed by atoms with E-state index < -0.39 is 0 Å². The summed E-state index contributed by atoms with van der Waals surface area (Å²) in [5, 5.41) is 3.11. The Labute approximate surface area is 59.5 Å². The molecule has 0 unspecified atom stereocenters. The zero-order valence-corrected chi connectivity index (χ0v) is 5.85. The van der Waals surface area contributed by atoms with Crippen molar-refractivity contribution < 1.29 is 4.42 Å². The molecule has 1 aromatic heterocycles. The van der Waals surface area contributed by atoms with Gasteiger partial charge in [-0.3, -0.25) is 0 Å². The number of furan rings is 1. The highest BCUT2D eigenvalue weighted by Crippen LogP contribution is 2.18. The van der Waals surface area contributed by atoms with Crippen molar-refractivity contribution in [3.63, 3.8) is 0 Å². The summed E-state index contributed by atoms with van der Waals surface area (Å²) in [5.41, 5.74) is 1.25. The Morgan fingerprint density at radius 3 is 3.30 bits per heavy atom. The van der Waals surface area contributed by atoms with Crippen LogP contribution >= 0.6 is 0 Å². The fraction of sp³-hybridized carbons (Fsp3) is 0.250. The number of hydrogen-bond donors (Lipinski definition) is 1. The van der Waals surface area contributed by atoms with Crippen LogP contribution in [0.25, 0.3) is 6.08 Å². The highest BCUT2D eigenvalue weighted by molar-refractivity contribution is 5.50. The van der Waals surface area contributed by atoms with Gasteiger partial charge in [-0.25, -0.2) is 0 Å². The van der Waals surface area contributed by atoms with Crippen molar-refractivity contribution in [3.8, 4) is 0 Å². The SMILES string of the molecule is Cc1cc2c(o1)C=CNC2. The Morgan fingerprint density at radius 1 is 1.60 bits per heavy atom. The first-order chi connectivity index (χ1) is 4.86. The molecule has 0 saturated carbocycles. The smallest absolute Gasteiger partial charge is 0.133 e. The third kappa shape index (κ3) is 0.727. The average molecular weight is 135 g/mol. The first-order valence-electron chi connectivity index (χ1n) is 3.35. The molecule has 1 aliphatic rings. The molecule has 2 heteroatoms. The Morgan fingerprint density at radius 2 is 2.50 bits per heavy atom. The van der Waals surface area contributed by atoms with Gasteiger partial charge in [-0.2, -0.15) is 0 Å². The number of nitrogens with one attached hydrogen (secondary N) is 1. The van der Waals surface area contributed by atoms with E-state index >= 15 is 0 Å². The molecule has 2 rings (SSSR count). The van der Waals surface area contributed by atoms with Crippen molar-refractivity contribution in [2.24, 2.45) is 0 Å². The summed E-state index contributed by atoms with van der Waals surface area (Å²) in [6.45, 7) is 2.86. The summed E-state index contributed by atoms with van der Waals surface area (Å²) in [4.78, 5) is 0.